The van der Waals surface area contributed by atoms with Crippen LogP contribution in [0.4, 0.5) is 0 Å². The number of rotatable bonds is 14. The molecule has 10 aromatic carbocycles. The molecular weight excluding hydrogens is 1560 g/mol. The van der Waals surface area contributed by atoms with Crippen molar-refractivity contribution in [3.63, 3.8) is 0 Å². The lowest BCUT2D eigenvalue weighted by atomic mass is 9.89. The standard InChI is InChI=1S/C22H27O2S.2C21H25O2S.C20H23O2S.C19H23O2S/c23-22(17-9-3-1-4-10-17)24-20-13-14-21(25-15-7-2-8-16-25)19-12-6-5-11-18(19)20;22-21(16-8-2-3-9-16)23-19-12-13-20(24-14-6-1-7-15-24)18-11-5-4-10-17(18)19;22-21(16-8-2-1-3-9-16)23-19-12-13-20(24-14-6-7-15-24)18-11-5-4-10-17(18)19;21-20(15-7-1-2-8-15)22-18-11-12-19(23-13-5-6-14-23)17-10-4-3-9-16(17)18;1-19(2,3)18(20)21-16-10-11-17(22-12-6-7-13-22)15-9-5-4-8-14(15)16/h5-6,11-14,17H,1-4,7-10,15-16H2;2*4-5,10-13,16H,1-3,6-9,14-15H2;3-4,9-12,15H,1-2,5-8,13-14H2;4-5,8-11H,6-7,12-13H2,1-3H3/q5*+1. The van der Waals surface area contributed by atoms with E-state index in [4.69, 9.17) is 23.7 Å². The van der Waals surface area contributed by atoms with Gasteiger partial charge in [0.1, 0.15) is 86.3 Å². The summed E-state index contributed by atoms with van der Waals surface area (Å²) in [4.78, 5) is 69.4. The van der Waals surface area contributed by atoms with Gasteiger partial charge in [0, 0.05) is 108 Å². The quantitative estimate of drug-likeness (QED) is 0.0589. The lowest BCUT2D eigenvalue weighted by molar-refractivity contribution is -0.143. The van der Waals surface area contributed by atoms with Crippen LogP contribution in [0.25, 0.3) is 53.9 Å². The summed E-state index contributed by atoms with van der Waals surface area (Å²) in [6.07, 6.45) is 35.8. The zero-order chi connectivity index (χ0) is 81.2. The average Bonchev–Trinajstić information content (AvgIpc) is 1.23. The highest BCUT2D eigenvalue weighted by atomic mass is 32.2. The Balaban J connectivity index is 0.000000115. The third-order valence-corrected chi connectivity index (χ3v) is 38.0. The minimum Gasteiger partial charge on any atom is -0.426 e. The Bertz CT molecular complexity index is 5070. The Morgan fingerprint density at radius 2 is 0.390 bits per heavy atom. The second-order valence-corrected chi connectivity index (χ2v) is 46.0. The van der Waals surface area contributed by atoms with E-state index in [2.05, 4.69) is 121 Å². The molecule has 9 fully saturated rings. The molecule has 5 aliphatic heterocycles. The van der Waals surface area contributed by atoms with Crippen LogP contribution in [0.2, 0.25) is 0 Å². The van der Waals surface area contributed by atoms with Crippen molar-refractivity contribution >= 4 is 138 Å². The van der Waals surface area contributed by atoms with Crippen LogP contribution in [0.15, 0.2) is 206 Å². The van der Waals surface area contributed by atoms with Crippen LogP contribution in [0, 0.1) is 29.1 Å². The van der Waals surface area contributed by atoms with E-state index in [0.717, 1.165) is 153 Å². The summed E-state index contributed by atoms with van der Waals surface area (Å²) in [6, 6.07) is 63.2. The van der Waals surface area contributed by atoms with Gasteiger partial charge in [0.15, 0.2) is 24.5 Å². The number of carbonyl (C=O) groups is 5. The Kier molecular flexibility index (Phi) is 30.4. The molecule has 0 bridgehead atoms. The zero-order valence-corrected chi connectivity index (χ0v) is 74.1. The van der Waals surface area contributed by atoms with Crippen LogP contribution >= 0.6 is 0 Å². The van der Waals surface area contributed by atoms with E-state index in [1.54, 1.807) is 0 Å². The SMILES string of the molecule is CC(C)(C)C(=O)Oc1ccc([S+]2CCCC2)c2ccccc12.O=C(Oc1ccc([S+]2CCCC2)c2ccccc12)C1CCCC1.O=C(Oc1ccc([S+]2CCCC2)c2ccccc12)C1CCCCC1.O=C(Oc1ccc([S+]2CCCCC2)c2ccccc12)C1CCCC1.O=C(Oc1ccc([S+]2CCCCC2)c2ccccc12)C1CCCCC1. The summed E-state index contributed by atoms with van der Waals surface area (Å²) in [5, 5.41) is 11.8. The lowest BCUT2D eigenvalue weighted by Crippen LogP contribution is -2.25. The van der Waals surface area contributed by atoms with Gasteiger partial charge in [-0.15, -0.1) is 0 Å². The molecule has 0 amide bonds. The first-order chi connectivity index (χ1) is 57.8. The molecule has 4 aliphatic carbocycles. The highest BCUT2D eigenvalue weighted by Crippen LogP contribution is 2.43. The minimum atomic E-state index is -0.493. The second kappa shape index (κ2) is 41.9. The Morgan fingerprint density at radius 3 is 0.593 bits per heavy atom. The molecule has 10 aromatic rings. The van der Waals surface area contributed by atoms with Gasteiger partial charge in [-0.05, 0) is 240 Å². The molecule has 0 N–H and O–H groups in total. The van der Waals surface area contributed by atoms with E-state index in [0.29, 0.717) is 60.2 Å². The highest BCUT2D eigenvalue weighted by Gasteiger charge is 2.37. The van der Waals surface area contributed by atoms with Gasteiger partial charge in [0.25, 0.3) is 0 Å². The predicted molar refractivity (Wildman–Crippen MR) is 497 cm³/mol. The van der Waals surface area contributed by atoms with E-state index in [9.17, 15) is 24.0 Å². The van der Waals surface area contributed by atoms with Crippen molar-refractivity contribution < 1.29 is 47.7 Å². The summed E-state index contributed by atoms with van der Waals surface area (Å²) < 4.78 is 29.0. The fourth-order valence-electron chi connectivity index (χ4n) is 18.7. The van der Waals surface area contributed by atoms with Gasteiger partial charge in [-0.2, -0.15) is 0 Å². The van der Waals surface area contributed by atoms with E-state index in [1.165, 1.54) is 199 Å². The van der Waals surface area contributed by atoms with E-state index in [1.807, 2.05) is 81.4 Å². The molecule has 5 saturated heterocycles. The topological polar surface area (TPSA) is 132 Å². The van der Waals surface area contributed by atoms with Crippen LogP contribution in [-0.2, 0) is 78.4 Å². The molecule has 10 nitrogen and oxygen atoms in total. The second-order valence-electron chi connectivity index (χ2n) is 34.7. The molecule has 118 heavy (non-hydrogen) atoms. The number of hydrogen-bond acceptors (Lipinski definition) is 10. The maximum atomic E-state index is 12.6. The largest absolute Gasteiger partial charge is 0.426 e. The van der Waals surface area contributed by atoms with Gasteiger partial charge in [0.2, 0.25) is 0 Å². The van der Waals surface area contributed by atoms with Crippen LogP contribution in [0.1, 0.15) is 213 Å². The Labute approximate surface area is 715 Å². The van der Waals surface area contributed by atoms with Crippen molar-refractivity contribution in [3.05, 3.63) is 182 Å². The molecule has 5 heterocycles. The highest BCUT2D eigenvalue weighted by molar-refractivity contribution is 7.98. The molecule has 9 aliphatic rings. The normalized spacial score (nSPS) is 19.0. The maximum absolute atomic E-state index is 12.6. The minimum absolute atomic E-state index is 0.0299. The molecule has 15 heteroatoms. The molecule has 0 spiro atoms. The Hall–Kier alpha value is -7.40. The van der Waals surface area contributed by atoms with Crippen LogP contribution in [-0.4, -0.2) is 87.4 Å². The summed E-state index contributed by atoms with van der Waals surface area (Å²) in [6.45, 7) is 5.64. The van der Waals surface area contributed by atoms with Gasteiger partial charge < -0.3 is 23.7 Å². The van der Waals surface area contributed by atoms with Crippen molar-refractivity contribution in [2.24, 2.45) is 29.1 Å². The lowest BCUT2D eigenvalue weighted by Gasteiger charge is -2.20. The number of carbonyl (C=O) groups excluding carboxylic acids is 5. The van der Waals surface area contributed by atoms with Crippen LogP contribution in [0.5, 0.6) is 28.7 Å². The van der Waals surface area contributed by atoms with Gasteiger partial charge in [-0.3, -0.25) is 24.0 Å². The smallest absolute Gasteiger partial charge is 0.316 e. The molecule has 0 aromatic heterocycles. The van der Waals surface area contributed by atoms with Gasteiger partial charge >= 0.3 is 29.8 Å². The van der Waals surface area contributed by atoms with Crippen molar-refractivity contribution in [3.8, 4) is 28.7 Å². The zero-order valence-electron chi connectivity index (χ0n) is 70.0. The van der Waals surface area contributed by atoms with Crippen molar-refractivity contribution in [1.29, 1.82) is 0 Å². The average molecular weight is 1680 g/mol. The van der Waals surface area contributed by atoms with E-state index in [-0.39, 0.29) is 53.5 Å². The van der Waals surface area contributed by atoms with Crippen molar-refractivity contribution in [2.75, 3.05) is 57.5 Å². The van der Waals surface area contributed by atoms with E-state index >= 15 is 0 Å². The summed E-state index contributed by atoms with van der Waals surface area (Å²) in [5.41, 5.74) is -0.493. The number of ether oxygens (including phenoxy) is 5. The molecule has 4 saturated carbocycles. The molecular formula is C103H123O10S5+5. The molecule has 0 unspecified atom stereocenters. The van der Waals surface area contributed by atoms with Gasteiger partial charge in [-0.1, -0.05) is 155 Å². The van der Waals surface area contributed by atoms with E-state index < -0.39 is 5.41 Å². The van der Waals surface area contributed by atoms with Crippen LogP contribution in [0.3, 0.4) is 0 Å². The first-order valence-electron chi connectivity index (χ1n) is 44.8. The number of esters is 5. The number of benzene rings is 10. The predicted octanol–water partition coefficient (Wildman–Crippen LogP) is 24.9. The summed E-state index contributed by atoms with van der Waals surface area (Å²) >= 11 is 0. The third kappa shape index (κ3) is 21.5. The first kappa shape index (κ1) is 85.6. The summed E-state index contributed by atoms with van der Waals surface area (Å²) in [7, 11) is 1.80. The van der Waals surface area contributed by atoms with Crippen LogP contribution < -0.4 is 23.7 Å². The molecule has 19 rings (SSSR count). The Morgan fingerprint density at radius 1 is 0.220 bits per heavy atom. The van der Waals surface area contributed by atoms with Gasteiger partial charge in [-0.25, -0.2) is 0 Å². The van der Waals surface area contributed by atoms with Gasteiger partial charge in [0.05, 0.1) is 29.1 Å². The third-order valence-electron chi connectivity index (χ3n) is 25.3. The molecule has 620 valence electrons. The number of fused-ring (bicyclic) bond motifs is 5. The molecule has 0 atom stereocenters. The molecule has 0 radical (unpaired) electrons. The fourth-order valence-corrected chi connectivity index (χ4v) is 31.2. The maximum Gasteiger partial charge on any atom is 0.316 e. The number of hydrogen-bond donors (Lipinski definition) is 0. The summed E-state index contributed by atoms with van der Waals surface area (Å²) in [5.74, 6) is 16.8. The fraction of sp³-hybridized carbons (Fsp3) is 0.466. The van der Waals surface area contributed by atoms with Crippen molar-refractivity contribution in [2.45, 2.75) is 238 Å². The van der Waals surface area contributed by atoms with Crippen molar-refractivity contribution in [1.82, 2.24) is 0 Å². The monoisotopic (exact) mass is 1680 g/mol. The first-order valence-corrected chi connectivity index (χ1v) is 52.6.